The number of rotatable bonds is 2. The number of hydrogen-bond acceptors (Lipinski definition) is 3. The van der Waals surface area contributed by atoms with E-state index in [0.29, 0.717) is 5.56 Å². The zero-order valence-electron chi connectivity index (χ0n) is 7.46. The zero-order valence-corrected chi connectivity index (χ0v) is 7.46. The van der Waals surface area contributed by atoms with Crippen molar-refractivity contribution in [2.24, 2.45) is 0 Å². The normalized spacial score (nSPS) is 13.9. The van der Waals surface area contributed by atoms with Gasteiger partial charge in [0, 0.05) is 11.8 Å². The van der Waals surface area contributed by atoms with E-state index in [1.54, 1.807) is 29.7 Å². The van der Waals surface area contributed by atoms with Crippen molar-refractivity contribution >= 4 is 12.0 Å². The van der Waals surface area contributed by atoms with Crippen LogP contribution in [0.3, 0.4) is 0 Å². The molecule has 0 aromatic heterocycles. The Bertz CT molecular complexity index is 396. The van der Waals surface area contributed by atoms with Gasteiger partial charge in [-0.3, -0.25) is 4.79 Å². The molecule has 1 aliphatic rings. The summed E-state index contributed by atoms with van der Waals surface area (Å²) < 4.78 is 0. The van der Waals surface area contributed by atoms with Crippen LogP contribution >= 0.6 is 0 Å². The first kappa shape index (κ1) is 8.56. The maximum Gasteiger partial charge on any atom is 0.152 e. The number of anilines is 1. The number of hydroxylamine groups is 1. The molecular weight excluding hydrogens is 178 g/mol. The summed E-state index contributed by atoms with van der Waals surface area (Å²) in [6.45, 7) is 0. The Morgan fingerprint density at radius 2 is 2.07 bits per heavy atom. The van der Waals surface area contributed by atoms with E-state index >= 15 is 0 Å². The average Bonchev–Trinajstić information content (AvgIpc) is 2.30. The number of carbonyl (C=O) groups excluding carboxylic acids is 1. The van der Waals surface area contributed by atoms with Crippen molar-refractivity contribution in [1.29, 1.82) is 0 Å². The van der Waals surface area contributed by atoms with Gasteiger partial charge >= 0.3 is 0 Å². The highest BCUT2D eigenvalue weighted by Crippen LogP contribution is 2.20. The second kappa shape index (κ2) is 3.79. The molecule has 0 radical (unpaired) electrons. The van der Waals surface area contributed by atoms with Crippen LogP contribution in [0.2, 0.25) is 0 Å². The molecule has 3 nitrogen and oxygen atoms in total. The van der Waals surface area contributed by atoms with E-state index in [-0.39, 0.29) is 0 Å². The Labute approximate surface area is 81.9 Å². The molecular formula is C11H9NO2. The summed E-state index contributed by atoms with van der Waals surface area (Å²) in [5.41, 5.74) is 1.34. The molecule has 2 rings (SSSR count). The number of aldehydes is 1. The summed E-state index contributed by atoms with van der Waals surface area (Å²) >= 11 is 0. The first-order valence-electron chi connectivity index (χ1n) is 4.25. The van der Waals surface area contributed by atoms with Crippen LogP contribution in [0.15, 0.2) is 48.9 Å². The topological polar surface area (TPSA) is 29.5 Å². The molecule has 0 spiro atoms. The molecule has 0 atom stereocenters. The summed E-state index contributed by atoms with van der Waals surface area (Å²) in [6.07, 6.45) is 7.74. The van der Waals surface area contributed by atoms with Gasteiger partial charge in [0.1, 0.15) is 6.26 Å². The molecule has 0 fully saturated rings. The molecule has 3 heteroatoms. The van der Waals surface area contributed by atoms with Crippen LogP contribution in [-0.2, 0) is 4.84 Å². The van der Waals surface area contributed by atoms with Gasteiger partial charge in [-0.25, -0.2) is 0 Å². The van der Waals surface area contributed by atoms with E-state index in [1.807, 2.05) is 24.3 Å². The van der Waals surface area contributed by atoms with Gasteiger partial charge in [0.2, 0.25) is 0 Å². The fourth-order valence-electron chi connectivity index (χ4n) is 1.23. The van der Waals surface area contributed by atoms with Gasteiger partial charge < -0.3 is 4.84 Å². The van der Waals surface area contributed by atoms with Crippen molar-refractivity contribution in [3.05, 3.63) is 54.4 Å². The predicted molar refractivity (Wildman–Crippen MR) is 53.7 cm³/mol. The lowest BCUT2D eigenvalue weighted by atomic mass is 10.2. The Balaban J connectivity index is 2.35. The van der Waals surface area contributed by atoms with Gasteiger partial charge in [-0.15, -0.1) is 0 Å². The highest BCUT2D eigenvalue weighted by atomic mass is 16.7. The molecule has 1 aliphatic heterocycles. The molecule has 0 unspecified atom stereocenters. The Morgan fingerprint density at radius 3 is 2.79 bits per heavy atom. The van der Waals surface area contributed by atoms with Crippen LogP contribution in [0.4, 0.5) is 5.69 Å². The standard InChI is InChI=1S/C11H9NO2/c13-9-10-5-1-2-6-11(10)12-7-3-4-8-14-12/h1-9H. The minimum Gasteiger partial charge on any atom is -0.383 e. The first-order chi connectivity index (χ1) is 6.92. The lowest BCUT2D eigenvalue weighted by Crippen LogP contribution is -2.16. The second-order valence-electron chi connectivity index (χ2n) is 2.78. The van der Waals surface area contributed by atoms with Crippen LogP contribution in [0, 0.1) is 0 Å². The van der Waals surface area contributed by atoms with Gasteiger partial charge in [-0.2, -0.15) is 5.06 Å². The number of nitrogens with zero attached hydrogens (tertiary/aromatic N) is 1. The summed E-state index contributed by atoms with van der Waals surface area (Å²) in [6, 6.07) is 7.25. The Morgan fingerprint density at radius 1 is 1.21 bits per heavy atom. The van der Waals surface area contributed by atoms with E-state index in [4.69, 9.17) is 4.84 Å². The molecule has 0 saturated heterocycles. The van der Waals surface area contributed by atoms with Crippen LogP contribution in [0.5, 0.6) is 0 Å². The summed E-state index contributed by atoms with van der Waals surface area (Å²) in [5.74, 6) is 0. The van der Waals surface area contributed by atoms with Gasteiger partial charge in [-0.1, -0.05) is 12.1 Å². The molecule has 1 aromatic rings. The van der Waals surface area contributed by atoms with Crippen molar-refractivity contribution in [2.45, 2.75) is 0 Å². The largest absolute Gasteiger partial charge is 0.383 e. The zero-order chi connectivity index (χ0) is 9.80. The number of benzene rings is 1. The van der Waals surface area contributed by atoms with E-state index in [1.165, 1.54) is 0 Å². The van der Waals surface area contributed by atoms with Crippen LogP contribution in [-0.4, -0.2) is 6.29 Å². The quantitative estimate of drug-likeness (QED) is 0.665. The van der Waals surface area contributed by atoms with E-state index in [0.717, 1.165) is 12.0 Å². The van der Waals surface area contributed by atoms with E-state index in [2.05, 4.69) is 0 Å². The fourth-order valence-corrected chi connectivity index (χ4v) is 1.23. The Hall–Kier alpha value is -2.03. The van der Waals surface area contributed by atoms with Crippen molar-refractivity contribution in [3.8, 4) is 0 Å². The third kappa shape index (κ3) is 1.52. The van der Waals surface area contributed by atoms with Crippen molar-refractivity contribution < 1.29 is 9.63 Å². The molecule has 0 saturated carbocycles. The third-order valence-electron chi connectivity index (χ3n) is 1.89. The molecule has 1 aromatic carbocycles. The van der Waals surface area contributed by atoms with Crippen LogP contribution < -0.4 is 5.06 Å². The highest BCUT2D eigenvalue weighted by Gasteiger charge is 2.08. The first-order valence-corrected chi connectivity index (χ1v) is 4.25. The molecule has 0 N–H and O–H groups in total. The monoisotopic (exact) mass is 187 g/mol. The van der Waals surface area contributed by atoms with Gasteiger partial charge in [-0.05, 0) is 24.3 Å². The molecule has 14 heavy (non-hydrogen) atoms. The smallest absolute Gasteiger partial charge is 0.152 e. The summed E-state index contributed by atoms with van der Waals surface area (Å²) in [5, 5.41) is 1.55. The predicted octanol–water partition coefficient (Wildman–Crippen LogP) is 2.28. The van der Waals surface area contributed by atoms with Gasteiger partial charge in [0.15, 0.2) is 6.29 Å². The highest BCUT2D eigenvalue weighted by molar-refractivity contribution is 5.84. The number of hydrogen-bond donors (Lipinski definition) is 0. The minimum absolute atomic E-state index is 0.604. The Kier molecular flexibility index (Phi) is 2.32. The van der Waals surface area contributed by atoms with Crippen LogP contribution in [0.25, 0.3) is 0 Å². The number of para-hydroxylation sites is 1. The van der Waals surface area contributed by atoms with E-state index in [9.17, 15) is 4.79 Å². The third-order valence-corrected chi connectivity index (χ3v) is 1.89. The summed E-state index contributed by atoms with van der Waals surface area (Å²) in [7, 11) is 0. The second-order valence-corrected chi connectivity index (χ2v) is 2.78. The van der Waals surface area contributed by atoms with E-state index < -0.39 is 0 Å². The fraction of sp³-hybridized carbons (Fsp3) is 0. The molecule has 70 valence electrons. The maximum absolute atomic E-state index is 10.7. The molecule has 0 aliphatic carbocycles. The molecule has 1 heterocycles. The minimum atomic E-state index is 0.604. The maximum atomic E-state index is 10.7. The van der Waals surface area contributed by atoms with Gasteiger partial charge in [0.05, 0.1) is 5.69 Å². The van der Waals surface area contributed by atoms with Gasteiger partial charge in [0.25, 0.3) is 0 Å². The van der Waals surface area contributed by atoms with Crippen molar-refractivity contribution in [2.75, 3.05) is 5.06 Å². The number of carbonyl (C=O) groups is 1. The SMILES string of the molecule is O=Cc1ccccc1N1C=CC=CO1. The van der Waals surface area contributed by atoms with Crippen molar-refractivity contribution in [1.82, 2.24) is 0 Å². The molecule has 0 bridgehead atoms. The van der Waals surface area contributed by atoms with Crippen molar-refractivity contribution in [3.63, 3.8) is 0 Å². The average molecular weight is 187 g/mol. The lowest BCUT2D eigenvalue weighted by molar-refractivity contribution is 0.112. The van der Waals surface area contributed by atoms with Crippen LogP contribution in [0.1, 0.15) is 10.4 Å². The molecule has 0 amide bonds. The number of allylic oxidation sites excluding steroid dienone is 2. The lowest BCUT2D eigenvalue weighted by Gasteiger charge is -2.21. The summed E-state index contributed by atoms with van der Waals surface area (Å²) in [4.78, 5) is 16.0.